The van der Waals surface area contributed by atoms with Gasteiger partial charge in [-0.1, -0.05) is 24.3 Å². The van der Waals surface area contributed by atoms with Crippen LogP contribution in [0.25, 0.3) is 0 Å². The number of carbonyl (C=O) groups is 3. The van der Waals surface area contributed by atoms with E-state index < -0.39 is 0 Å². The number of anilines is 3. The third kappa shape index (κ3) is 4.78. The standard InChI is InChI=1S/C25H23N3O4/c1-32-20-13-6-17(7-14-20)8-15-23(29)26-19-11-9-18(10-12-19)25(31)28-16-24(30)27-21-4-2-3-5-22(21)28/h2-7,9-14H,8,15-16H2,1H3,(H,26,29)(H,27,30). The summed E-state index contributed by atoms with van der Waals surface area (Å²) in [6.07, 6.45) is 0.954. The van der Waals surface area contributed by atoms with Crippen molar-refractivity contribution in [3.63, 3.8) is 0 Å². The first-order valence-electron chi connectivity index (χ1n) is 10.3. The second-order valence-corrected chi connectivity index (χ2v) is 7.43. The minimum atomic E-state index is -0.273. The van der Waals surface area contributed by atoms with Gasteiger partial charge < -0.3 is 15.4 Å². The van der Waals surface area contributed by atoms with Gasteiger partial charge in [0.25, 0.3) is 5.91 Å². The van der Waals surface area contributed by atoms with Crippen LogP contribution in [-0.4, -0.2) is 31.4 Å². The number of amides is 3. The van der Waals surface area contributed by atoms with Crippen molar-refractivity contribution in [3.05, 3.63) is 83.9 Å². The Labute approximate surface area is 186 Å². The molecule has 3 aromatic rings. The maximum Gasteiger partial charge on any atom is 0.258 e. The molecule has 0 aromatic heterocycles. The first-order valence-corrected chi connectivity index (χ1v) is 10.3. The van der Waals surface area contributed by atoms with Gasteiger partial charge in [-0.15, -0.1) is 0 Å². The van der Waals surface area contributed by atoms with E-state index in [1.54, 1.807) is 49.6 Å². The third-order valence-corrected chi connectivity index (χ3v) is 5.23. The third-order valence-electron chi connectivity index (χ3n) is 5.23. The number of nitrogens with one attached hydrogen (secondary N) is 2. The van der Waals surface area contributed by atoms with Gasteiger partial charge in [0, 0.05) is 17.7 Å². The lowest BCUT2D eigenvalue weighted by molar-refractivity contribution is -0.116. The molecule has 0 atom stereocenters. The summed E-state index contributed by atoms with van der Waals surface area (Å²) in [7, 11) is 1.61. The lowest BCUT2D eigenvalue weighted by Gasteiger charge is -2.29. The highest BCUT2D eigenvalue weighted by molar-refractivity contribution is 6.15. The second kappa shape index (κ2) is 9.34. The summed E-state index contributed by atoms with van der Waals surface area (Å²) in [5.74, 6) is 0.158. The molecule has 162 valence electrons. The monoisotopic (exact) mass is 429 g/mol. The lowest BCUT2D eigenvalue weighted by Crippen LogP contribution is -2.42. The van der Waals surface area contributed by atoms with Crippen LogP contribution in [-0.2, 0) is 16.0 Å². The van der Waals surface area contributed by atoms with Crippen LogP contribution < -0.4 is 20.3 Å². The van der Waals surface area contributed by atoms with Gasteiger partial charge in [0.2, 0.25) is 11.8 Å². The molecule has 0 aliphatic carbocycles. The molecule has 32 heavy (non-hydrogen) atoms. The van der Waals surface area contributed by atoms with Gasteiger partial charge in [0.05, 0.1) is 18.5 Å². The number of carbonyl (C=O) groups excluding carboxylic acids is 3. The van der Waals surface area contributed by atoms with Crippen LogP contribution in [0.5, 0.6) is 5.75 Å². The number of para-hydroxylation sites is 2. The number of methoxy groups -OCH3 is 1. The summed E-state index contributed by atoms with van der Waals surface area (Å²) < 4.78 is 5.14. The molecule has 1 aliphatic rings. The van der Waals surface area contributed by atoms with E-state index in [0.29, 0.717) is 35.5 Å². The highest BCUT2D eigenvalue weighted by atomic mass is 16.5. The zero-order chi connectivity index (χ0) is 22.5. The van der Waals surface area contributed by atoms with E-state index in [1.165, 1.54) is 4.90 Å². The SMILES string of the molecule is COc1ccc(CCC(=O)Nc2ccc(C(=O)N3CC(=O)Nc4ccccc43)cc2)cc1. The fourth-order valence-electron chi connectivity index (χ4n) is 3.54. The van der Waals surface area contributed by atoms with Crippen molar-refractivity contribution in [2.45, 2.75) is 12.8 Å². The summed E-state index contributed by atoms with van der Waals surface area (Å²) in [6.45, 7) is -0.0420. The maximum atomic E-state index is 13.0. The van der Waals surface area contributed by atoms with E-state index in [4.69, 9.17) is 4.74 Å². The number of benzene rings is 3. The molecule has 3 aromatic carbocycles. The van der Waals surface area contributed by atoms with Crippen molar-refractivity contribution in [2.24, 2.45) is 0 Å². The molecular formula is C25H23N3O4. The van der Waals surface area contributed by atoms with Crippen molar-refractivity contribution in [3.8, 4) is 5.75 Å². The molecule has 0 spiro atoms. The predicted molar refractivity (Wildman–Crippen MR) is 123 cm³/mol. The van der Waals surface area contributed by atoms with Crippen LogP contribution in [0, 0.1) is 0 Å². The molecule has 0 radical (unpaired) electrons. The molecule has 4 rings (SSSR count). The fourth-order valence-corrected chi connectivity index (χ4v) is 3.54. The number of hydrogen-bond acceptors (Lipinski definition) is 4. The van der Waals surface area contributed by atoms with Gasteiger partial charge in [0.15, 0.2) is 0 Å². The van der Waals surface area contributed by atoms with Crippen LogP contribution in [0.2, 0.25) is 0 Å². The fraction of sp³-hybridized carbons (Fsp3) is 0.160. The van der Waals surface area contributed by atoms with Gasteiger partial charge >= 0.3 is 0 Å². The number of hydrogen-bond donors (Lipinski definition) is 2. The van der Waals surface area contributed by atoms with Crippen LogP contribution >= 0.6 is 0 Å². The molecule has 7 nitrogen and oxygen atoms in total. The first-order chi connectivity index (χ1) is 15.5. The molecule has 1 aliphatic heterocycles. The van der Waals surface area contributed by atoms with Gasteiger partial charge in [-0.25, -0.2) is 0 Å². The smallest absolute Gasteiger partial charge is 0.258 e. The van der Waals surface area contributed by atoms with Crippen LogP contribution in [0.3, 0.4) is 0 Å². The van der Waals surface area contributed by atoms with Crippen molar-refractivity contribution in [1.29, 1.82) is 0 Å². The Kier molecular flexibility index (Phi) is 6.17. The molecule has 0 bridgehead atoms. The van der Waals surface area contributed by atoms with Gasteiger partial charge in [-0.05, 0) is 60.5 Å². The Morgan fingerprint density at radius 1 is 1.00 bits per heavy atom. The largest absolute Gasteiger partial charge is 0.497 e. The zero-order valence-electron chi connectivity index (χ0n) is 17.6. The molecule has 7 heteroatoms. The average Bonchev–Trinajstić information content (AvgIpc) is 2.82. The highest BCUT2D eigenvalue weighted by Gasteiger charge is 2.27. The lowest BCUT2D eigenvalue weighted by atomic mass is 10.1. The zero-order valence-corrected chi connectivity index (χ0v) is 17.6. The summed E-state index contributed by atoms with van der Waals surface area (Å²) >= 11 is 0. The Bertz CT molecular complexity index is 1140. The molecule has 2 N–H and O–H groups in total. The van der Waals surface area contributed by atoms with E-state index in [9.17, 15) is 14.4 Å². The van der Waals surface area contributed by atoms with Crippen molar-refractivity contribution in [2.75, 3.05) is 29.2 Å². The Morgan fingerprint density at radius 2 is 1.72 bits per heavy atom. The van der Waals surface area contributed by atoms with E-state index in [0.717, 1.165) is 11.3 Å². The Morgan fingerprint density at radius 3 is 2.44 bits per heavy atom. The predicted octanol–water partition coefficient (Wildman–Crippen LogP) is 3.87. The van der Waals surface area contributed by atoms with Gasteiger partial charge in [-0.2, -0.15) is 0 Å². The van der Waals surface area contributed by atoms with Crippen molar-refractivity contribution in [1.82, 2.24) is 0 Å². The normalized spacial score (nSPS) is 12.5. The van der Waals surface area contributed by atoms with Crippen molar-refractivity contribution >= 4 is 34.8 Å². The minimum absolute atomic E-state index is 0.0420. The second-order valence-electron chi connectivity index (χ2n) is 7.43. The van der Waals surface area contributed by atoms with E-state index >= 15 is 0 Å². The minimum Gasteiger partial charge on any atom is -0.497 e. The molecular weight excluding hydrogens is 406 g/mol. The maximum absolute atomic E-state index is 13.0. The summed E-state index contributed by atoms with van der Waals surface area (Å²) in [4.78, 5) is 38.7. The molecule has 0 unspecified atom stereocenters. The quantitative estimate of drug-likeness (QED) is 0.623. The van der Waals surface area contributed by atoms with Crippen LogP contribution in [0.1, 0.15) is 22.3 Å². The Balaban J connectivity index is 1.37. The van der Waals surface area contributed by atoms with Gasteiger partial charge in [-0.3, -0.25) is 19.3 Å². The van der Waals surface area contributed by atoms with E-state index in [1.807, 2.05) is 30.3 Å². The van der Waals surface area contributed by atoms with E-state index in [2.05, 4.69) is 10.6 Å². The molecule has 0 fully saturated rings. The number of fused-ring (bicyclic) bond motifs is 1. The van der Waals surface area contributed by atoms with Crippen molar-refractivity contribution < 1.29 is 19.1 Å². The number of rotatable bonds is 6. The number of aryl methyl sites for hydroxylation is 1. The summed E-state index contributed by atoms with van der Waals surface area (Å²) in [5.41, 5.74) is 3.36. The topological polar surface area (TPSA) is 87.7 Å². The summed E-state index contributed by atoms with van der Waals surface area (Å²) in [5, 5.41) is 5.62. The molecule has 0 saturated carbocycles. The van der Waals surface area contributed by atoms with Crippen LogP contribution in [0.15, 0.2) is 72.8 Å². The molecule has 1 heterocycles. The number of nitrogens with zero attached hydrogens (tertiary/aromatic N) is 1. The summed E-state index contributed by atoms with van der Waals surface area (Å²) in [6, 6.07) is 21.5. The molecule has 3 amide bonds. The highest BCUT2D eigenvalue weighted by Crippen LogP contribution is 2.30. The van der Waals surface area contributed by atoms with Gasteiger partial charge in [0.1, 0.15) is 12.3 Å². The van der Waals surface area contributed by atoms with Crippen LogP contribution in [0.4, 0.5) is 17.1 Å². The molecule has 0 saturated heterocycles. The van der Waals surface area contributed by atoms with E-state index in [-0.39, 0.29) is 24.3 Å². The average molecular weight is 429 g/mol. The Hall–Kier alpha value is -4.13. The first kappa shape index (κ1) is 21.1. The number of ether oxygens (including phenoxy) is 1.